The largest absolute Gasteiger partial charge is 0.497 e. The Bertz CT molecular complexity index is 995. The summed E-state index contributed by atoms with van der Waals surface area (Å²) in [6.07, 6.45) is 3.58. The Morgan fingerprint density at radius 1 is 1.28 bits per heavy atom. The van der Waals surface area contributed by atoms with E-state index in [1.807, 2.05) is 12.1 Å². The van der Waals surface area contributed by atoms with Gasteiger partial charge in [-0.05, 0) is 36.8 Å². The summed E-state index contributed by atoms with van der Waals surface area (Å²) in [5.41, 5.74) is 0.848. The molecule has 0 bridgehead atoms. The summed E-state index contributed by atoms with van der Waals surface area (Å²) in [7, 11) is -2.07. The van der Waals surface area contributed by atoms with E-state index in [0.717, 1.165) is 5.56 Å². The van der Waals surface area contributed by atoms with E-state index in [4.69, 9.17) is 9.47 Å². The number of rotatable bonds is 6. The second-order valence-corrected chi connectivity index (χ2v) is 8.18. The average molecular weight is 419 g/mol. The van der Waals surface area contributed by atoms with Crippen molar-refractivity contribution in [1.82, 2.24) is 10.2 Å². The third-order valence-electron chi connectivity index (χ3n) is 4.36. The minimum Gasteiger partial charge on any atom is -0.497 e. The van der Waals surface area contributed by atoms with Crippen LogP contribution in [0.1, 0.15) is 12.5 Å². The van der Waals surface area contributed by atoms with E-state index >= 15 is 0 Å². The highest BCUT2D eigenvalue weighted by atomic mass is 32.2. The molecule has 0 fully saturated rings. The molecule has 1 aromatic carbocycles. The van der Waals surface area contributed by atoms with Gasteiger partial charge in [0.25, 0.3) is 15.9 Å². The van der Waals surface area contributed by atoms with E-state index in [1.54, 1.807) is 36.4 Å². The molecule has 1 amide bonds. The average Bonchev–Trinajstić information content (AvgIpc) is 2.71. The number of carbonyl (C=O) groups is 2. The van der Waals surface area contributed by atoms with Crippen LogP contribution in [0.4, 0.5) is 0 Å². The number of ether oxygens (including phenoxy) is 2. The third kappa shape index (κ3) is 5.02. The Hall–Kier alpha value is -3.14. The molecule has 2 aliphatic rings. The van der Waals surface area contributed by atoms with Crippen LogP contribution in [-0.4, -0.2) is 56.5 Å². The van der Waals surface area contributed by atoms with Gasteiger partial charge in [-0.15, -0.1) is 4.40 Å². The molecule has 10 heteroatoms. The number of esters is 1. The third-order valence-corrected chi connectivity index (χ3v) is 5.51. The second kappa shape index (κ2) is 8.48. The quantitative estimate of drug-likeness (QED) is 0.677. The fourth-order valence-corrected chi connectivity index (χ4v) is 3.71. The van der Waals surface area contributed by atoms with E-state index in [0.29, 0.717) is 5.75 Å². The first-order valence-corrected chi connectivity index (χ1v) is 10.5. The number of amidine groups is 1. The molecule has 1 aromatic rings. The zero-order valence-electron chi connectivity index (χ0n) is 16.0. The van der Waals surface area contributed by atoms with Crippen molar-refractivity contribution in [2.24, 2.45) is 4.40 Å². The number of allylic oxidation sites excluding steroid dienone is 2. The van der Waals surface area contributed by atoms with Gasteiger partial charge in [-0.1, -0.05) is 12.1 Å². The van der Waals surface area contributed by atoms with Gasteiger partial charge in [0.2, 0.25) is 0 Å². The number of amides is 1. The molecule has 0 spiro atoms. The van der Waals surface area contributed by atoms with Gasteiger partial charge in [0.15, 0.2) is 11.9 Å². The second-order valence-electron chi connectivity index (χ2n) is 6.43. The minimum atomic E-state index is -3.63. The predicted molar refractivity (Wildman–Crippen MR) is 106 cm³/mol. The highest BCUT2D eigenvalue weighted by Crippen LogP contribution is 2.19. The highest BCUT2D eigenvalue weighted by Gasteiger charge is 2.32. The molecule has 0 unspecified atom stereocenters. The topological polar surface area (TPSA) is 114 Å². The molecule has 3 rings (SSSR count). The monoisotopic (exact) mass is 419 g/mol. The molecule has 0 saturated carbocycles. The van der Waals surface area contributed by atoms with Crippen LogP contribution in [0.3, 0.4) is 0 Å². The first-order valence-electron chi connectivity index (χ1n) is 8.89. The fraction of sp³-hybridized carbons (Fsp3) is 0.316. The van der Waals surface area contributed by atoms with Crippen molar-refractivity contribution in [2.75, 3.05) is 19.4 Å². The SMILES string of the molecule is COc1ccc(CNC(=O)[C@H](C)OC(=O)C2=CC=CN3CCS(=O)(=O)N=C23)cc1. The molecule has 154 valence electrons. The lowest BCUT2D eigenvalue weighted by molar-refractivity contribution is -0.150. The van der Waals surface area contributed by atoms with Crippen LogP contribution < -0.4 is 10.1 Å². The lowest BCUT2D eigenvalue weighted by Crippen LogP contribution is -2.41. The van der Waals surface area contributed by atoms with Gasteiger partial charge in [0.1, 0.15) is 11.3 Å². The predicted octanol–water partition coefficient (Wildman–Crippen LogP) is 0.741. The Balaban J connectivity index is 1.60. The van der Waals surface area contributed by atoms with Gasteiger partial charge < -0.3 is 19.7 Å². The van der Waals surface area contributed by atoms with Crippen LogP contribution in [0.5, 0.6) is 5.75 Å². The van der Waals surface area contributed by atoms with E-state index < -0.39 is 28.0 Å². The van der Waals surface area contributed by atoms with Crippen molar-refractivity contribution in [3.63, 3.8) is 0 Å². The first kappa shape index (κ1) is 20.6. The number of hydrogen-bond acceptors (Lipinski definition) is 7. The van der Waals surface area contributed by atoms with Crippen molar-refractivity contribution in [3.8, 4) is 5.75 Å². The van der Waals surface area contributed by atoms with E-state index in [1.165, 1.54) is 13.0 Å². The van der Waals surface area contributed by atoms with Crippen LogP contribution in [0.2, 0.25) is 0 Å². The number of methoxy groups -OCH3 is 1. The molecule has 1 atom stereocenters. The molecule has 1 N–H and O–H groups in total. The molecule has 9 nitrogen and oxygen atoms in total. The maximum atomic E-state index is 12.5. The lowest BCUT2D eigenvalue weighted by atomic mass is 10.1. The normalized spacial score (nSPS) is 18.1. The lowest BCUT2D eigenvalue weighted by Gasteiger charge is -2.28. The van der Waals surface area contributed by atoms with Crippen LogP contribution >= 0.6 is 0 Å². The number of carbonyl (C=O) groups excluding carboxylic acids is 2. The number of fused-ring (bicyclic) bond motifs is 1. The standard InChI is InChI=1S/C19H21N3O6S/c1-13(18(23)20-12-14-5-7-15(27-2)8-6-14)28-19(24)16-4-3-9-22-10-11-29(25,26)21-17(16)22/h3-9,13H,10-12H2,1-2H3,(H,20,23)/t13-/m0/s1. The maximum absolute atomic E-state index is 12.5. The summed E-state index contributed by atoms with van der Waals surface area (Å²) in [5.74, 6) is -0.709. The summed E-state index contributed by atoms with van der Waals surface area (Å²) < 4.78 is 37.5. The smallest absolute Gasteiger partial charge is 0.342 e. The molecule has 0 radical (unpaired) electrons. The van der Waals surface area contributed by atoms with Crippen LogP contribution in [-0.2, 0) is 30.9 Å². The van der Waals surface area contributed by atoms with Crippen molar-refractivity contribution < 1.29 is 27.5 Å². The van der Waals surface area contributed by atoms with E-state index in [2.05, 4.69) is 9.71 Å². The van der Waals surface area contributed by atoms with Crippen molar-refractivity contribution >= 4 is 27.7 Å². The summed E-state index contributed by atoms with van der Waals surface area (Å²) in [6.45, 7) is 1.90. The van der Waals surface area contributed by atoms with Gasteiger partial charge in [0.05, 0.1) is 12.9 Å². The minimum absolute atomic E-state index is 0.00872. The summed E-state index contributed by atoms with van der Waals surface area (Å²) in [6, 6.07) is 7.17. The molecule has 0 aromatic heterocycles. The van der Waals surface area contributed by atoms with Crippen LogP contribution in [0, 0.1) is 0 Å². The van der Waals surface area contributed by atoms with E-state index in [9.17, 15) is 18.0 Å². The molecule has 2 heterocycles. The molecule has 0 aliphatic carbocycles. The van der Waals surface area contributed by atoms with Gasteiger partial charge in [0, 0.05) is 19.3 Å². The van der Waals surface area contributed by atoms with Gasteiger partial charge >= 0.3 is 5.97 Å². The van der Waals surface area contributed by atoms with Crippen molar-refractivity contribution in [2.45, 2.75) is 19.6 Å². The molecular formula is C19H21N3O6S. The molecule has 2 aliphatic heterocycles. The van der Waals surface area contributed by atoms with Crippen LogP contribution in [0.25, 0.3) is 0 Å². The first-order chi connectivity index (χ1) is 13.8. The van der Waals surface area contributed by atoms with Gasteiger partial charge in [-0.2, -0.15) is 0 Å². The van der Waals surface area contributed by atoms with Gasteiger partial charge in [-0.25, -0.2) is 13.2 Å². The van der Waals surface area contributed by atoms with Gasteiger partial charge in [-0.3, -0.25) is 4.79 Å². The zero-order chi connectivity index (χ0) is 21.0. The number of nitrogens with one attached hydrogen (secondary N) is 1. The number of nitrogens with zero attached hydrogens (tertiary/aromatic N) is 2. The van der Waals surface area contributed by atoms with Crippen molar-refractivity contribution in [1.29, 1.82) is 0 Å². The Labute approximate surface area is 168 Å². The number of benzene rings is 1. The highest BCUT2D eigenvalue weighted by molar-refractivity contribution is 7.90. The molecule has 0 saturated heterocycles. The zero-order valence-corrected chi connectivity index (χ0v) is 16.8. The maximum Gasteiger partial charge on any atom is 0.342 e. The Morgan fingerprint density at radius 2 is 2.00 bits per heavy atom. The van der Waals surface area contributed by atoms with Crippen molar-refractivity contribution in [3.05, 3.63) is 53.8 Å². The number of sulfonamides is 1. The van der Waals surface area contributed by atoms with E-state index in [-0.39, 0.29) is 30.3 Å². The number of hydrogen-bond donors (Lipinski definition) is 1. The van der Waals surface area contributed by atoms with Crippen LogP contribution in [0.15, 0.2) is 52.6 Å². The summed E-state index contributed by atoms with van der Waals surface area (Å²) >= 11 is 0. The Morgan fingerprint density at radius 3 is 2.69 bits per heavy atom. The fourth-order valence-electron chi connectivity index (χ4n) is 2.73. The molecular weight excluding hydrogens is 398 g/mol. The Kier molecular flexibility index (Phi) is 6.02. The molecule has 29 heavy (non-hydrogen) atoms. The summed E-state index contributed by atoms with van der Waals surface area (Å²) in [4.78, 5) is 26.3. The summed E-state index contributed by atoms with van der Waals surface area (Å²) in [5, 5.41) is 2.69.